The van der Waals surface area contributed by atoms with Crippen LogP contribution in [-0.2, 0) is 9.53 Å². The predicted molar refractivity (Wildman–Crippen MR) is 70.4 cm³/mol. The van der Waals surface area contributed by atoms with Crippen LogP contribution >= 0.6 is 0 Å². The molecule has 1 aromatic carbocycles. The number of benzene rings is 1. The number of hydrogen-bond donors (Lipinski definition) is 2. The quantitative estimate of drug-likeness (QED) is 0.874. The van der Waals surface area contributed by atoms with Crippen LogP contribution < -0.4 is 5.32 Å². The number of H-pyrrole nitrogens is 1. The Balaban J connectivity index is 2.05. The fraction of sp³-hybridized carbons (Fsp3) is 0.385. The number of nitrogens with one attached hydrogen (secondary N) is 2. The van der Waals surface area contributed by atoms with Gasteiger partial charge in [-0.3, -0.25) is 9.89 Å². The number of aromatic nitrogens is 2. The first-order valence-electron chi connectivity index (χ1n) is 5.81. The number of carbonyl (C=O) groups excluding carboxylic acids is 1. The molecule has 1 heterocycles. The van der Waals surface area contributed by atoms with E-state index in [-0.39, 0.29) is 18.1 Å². The summed E-state index contributed by atoms with van der Waals surface area (Å²) in [5, 5.41) is 10.6. The van der Waals surface area contributed by atoms with Crippen molar-refractivity contribution >= 4 is 22.5 Å². The zero-order valence-electron chi connectivity index (χ0n) is 10.8. The van der Waals surface area contributed by atoms with Crippen LogP contribution in [0, 0.1) is 0 Å². The summed E-state index contributed by atoms with van der Waals surface area (Å²) >= 11 is 0. The highest BCUT2D eigenvalue weighted by Crippen LogP contribution is 2.20. The topological polar surface area (TPSA) is 67.0 Å². The summed E-state index contributed by atoms with van der Waals surface area (Å²) in [5.74, 6) is -0.174. The van der Waals surface area contributed by atoms with E-state index in [1.54, 1.807) is 6.20 Å². The Bertz CT molecular complexity index is 555. The van der Waals surface area contributed by atoms with E-state index in [1.807, 2.05) is 39.0 Å². The second-order valence-electron chi connectivity index (χ2n) is 5.09. The Morgan fingerprint density at radius 3 is 2.94 bits per heavy atom. The lowest BCUT2D eigenvalue weighted by Gasteiger charge is -2.19. The molecule has 0 aliphatic rings. The van der Waals surface area contributed by atoms with Gasteiger partial charge in [0.2, 0.25) is 5.91 Å². The summed E-state index contributed by atoms with van der Waals surface area (Å²) < 4.78 is 5.42. The summed E-state index contributed by atoms with van der Waals surface area (Å²) in [6.45, 7) is 5.77. The van der Waals surface area contributed by atoms with E-state index in [4.69, 9.17) is 4.74 Å². The Hall–Kier alpha value is -1.88. The summed E-state index contributed by atoms with van der Waals surface area (Å²) in [6, 6.07) is 5.63. The van der Waals surface area contributed by atoms with Gasteiger partial charge in [0.05, 0.1) is 23.0 Å². The molecular formula is C13H17N3O2. The molecule has 0 radical (unpaired) electrons. The van der Waals surface area contributed by atoms with Crippen molar-refractivity contribution in [3.63, 3.8) is 0 Å². The van der Waals surface area contributed by atoms with Gasteiger partial charge in [-0.15, -0.1) is 0 Å². The van der Waals surface area contributed by atoms with E-state index in [0.717, 1.165) is 10.9 Å². The van der Waals surface area contributed by atoms with Crippen LogP contribution in [0.5, 0.6) is 0 Å². The molecule has 2 N–H and O–H groups in total. The lowest BCUT2D eigenvalue weighted by atomic mass is 10.2. The van der Waals surface area contributed by atoms with Crippen LogP contribution in [0.3, 0.4) is 0 Å². The average Bonchev–Trinajstić information content (AvgIpc) is 2.74. The molecule has 1 amide bonds. The van der Waals surface area contributed by atoms with Crippen LogP contribution in [0.25, 0.3) is 10.9 Å². The molecule has 1 aromatic heterocycles. The third-order valence-electron chi connectivity index (χ3n) is 2.39. The highest BCUT2D eigenvalue weighted by molar-refractivity contribution is 6.00. The van der Waals surface area contributed by atoms with E-state index < -0.39 is 0 Å². The molecule has 0 saturated carbocycles. The van der Waals surface area contributed by atoms with Gasteiger partial charge in [-0.2, -0.15) is 5.10 Å². The number of nitrogens with zero attached hydrogens (tertiary/aromatic N) is 1. The first-order valence-corrected chi connectivity index (χ1v) is 5.81. The van der Waals surface area contributed by atoms with Gasteiger partial charge in [0, 0.05) is 5.39 Å². The van der Waals surface area contributed by atoms with Crippen molar-refractivity contribution in [2.24, 2.45) is 0 Å². The monoisotopic (exact) mass is 247 g/mol. The highest BCUT2D eigenvalue weighted by atomic mass is 16.5. The minimum absolute atomic E-state index is 0.0357. The van der Waals surface area contributed by atoms with Gasteiger partial charge in [-0.1, -0.05) is 12.1 Å². The molecule has 96 valence electrons. The van der Waals surface area contributed by atoms with E-state index in [1.165, 1.54) is 0 Å². The zero-order valence-corrected chi connectivity index (χ0v) is 10.8. The van der Waals surface area contributed by atoms with Crippen LogP contribution in [0.15, 0.2) is 24.4 Å². The SMILES string of the molecule is CC(C)(C)OCC(=O)Nc1cccc2cn[nH]c12. The molecule has 0 bridgehead atoms. The van der Waals surface area contributed by atoms with Gasteiger partial charge in [-0.25, -0.2) is 0 Å². The minimum Gasteiger partial charge on any atom is -0.366 e. The Morgan fingerprint density at radius 2 is 2.22 bits per heavy atom. The molecule has 0 saturated heterocycles. The van der Waals surface area contributed by atoms with Gasteiger partial charge < -0.3 is 10.1 Å². The lowest BCUT2D eigenvalue weighted by Crippen LogP contribution is -2.27. The van der Waals surface area contributed by atoms with Crippen LogP contribution in [0.2, 0.25) is 0 Å². The second kappa shape index (κ2) is 4.78. The maximum Gasteiger partial charge on any atom is 0.250 e. The number of anilines is 1. The normalized spacial score (nSPS) is 11.7. The fourth-order valence-electron chi connectivity index (χ4n) is 1.54. The zero-order chi connectivity index (χ0) is 13.2. The molecule has 0 aliphatic heterocycles. The van der Waals surface area contributed by atoms with Gasteiger partial charge in [0.1, 0.15) is 6.61 Å². The van der Waals surface area contributed by atoms with Crippen molar-refractivity contribution < 1.29 is 9.53 Å². The largest absolute Gasteiger partial charge is 0.366 e. The van der Waals surface area contributed by atoms with E-state index in [9.17, 15) is 4.79 Å². The molecule has 5 nitrogen and oxygen atoms in total. The van der Waals surface area contributed by atoms with Gasteiger partial charge in [0.25, 0.3) is 0 Å². The van der Waals surface area contributed by atoms with E-state index >= 15 is 0 Å². The van der Waals surface area contributed by atoms with Gasteiger partial charge >= 0.3 is 0 Å². The van der Waals surface area contributed by atoms with E-state index in [2.05, 4.69) is 15.5 Å². The summed E-state index contributed by atoms with van der Waals surface area (Å²) in [5.41, 5.74) is 1.21. The molecule has 0 aliphatic carbocycles. The Labute approximate surface area is 106 Å². The second-order valence-corrected chi connectivity index (χ2v) is 5.09. The molecule has 0 atom stereocenters. The van der Waals surface area contributed by atoms with Crippen LogP contribution in [0.1, 0.15) is 20.8 Å². The first kappa shape index (κ1) is 12.6. The summed E-state index contributed by atoms with van der Waals surface area (Å²) in [6.07, 6.45) is 1.72. The summed E-state index contributed by atoms with van der Waals surface area (Å²) in [4.78, 5) is 11.8. The molecule has 18 heavy (non-hydrogen) atoms. The number of fused-ring (bicyclic) bond motifs is 1. The average molecular weight is 247 g/mol. The summed E-state index contributed by atoms with van der Waals surface area (Å²) in [7, 11) is 0. The molecule has 0 unspecified atom stereocenters. The predicted octanol–water partition coefficient (Wildman–Crippen LogP) is 2.32. The van der Waals surface area contributed by atoms with Crippen LogP contribution in [-0.4, -0.2) is 28.3 Å². The third-order valence-corrected chi connectivity index (χ3v) is 2.39. The van der Waals surface area contributed by atoms with Gasteiger partial charge in [-0.05, 0) is 26.8 Å². The standard InChI is InChI=1S/C13H17N3O2/c1-13(2,3)18-8-11(17)15-10-6-4-5-9-7-14-16-12(9)10/h4-7H,8H2,1-3H3,(H,14,16)(H,15,17). The van der Waals surface area contributed by atoms with Crippen molar-refractivity contribution in [3.05, 3.63) is 24.4 Å². The number of ether oxygens (including phenoxy) is 1. The maximum atomic E-state index is 11.8. The van der Waals surface area contributed by atoms with Crippen molar-refractivity contribution in [2.45, 2.75) is 26.4 Å². The Morgan fingerprint density at radius 1 is 1.44 bits per heavy atom. The minimum atomic E-state index is -0.322. The lowest BCUT2D eigenvalue weighted by molar-refractivity contribution is -0.125. The van der Waals surface area contributed by atoms with Crippen molar-refractivity contribution in [3.8, 4) is 0 Å². The third kappa shape index (κ3) is 3.07. The number of amides is 1. The molecule has 2 rings (SSSR count). The van der Waals surface area contributed by atoms with Gasteiger partial charge in [0.15, 0.2) is 0 Å². The highest BCUT2D eigenvalue weighted by Gasteiger charge is 2.13. The van der Waals surface area contributed by atoms with Crippen LogP contribution in [0.4, 0.5) is 5.69 Å². The number of para-hydroxylation sites is 1. The smallest absolute Gasteiger partial charge is 0.250 e. The number of rotatable bonds is 3. The molecular weight excluding hydrogens is 230 g/mol. The number of carbonyl (C=O) groups is 1. The van der Waals surface area contributed by atoms with Crippen molar-refractivity contribution in [1.29, 1.82) is 0 Å². The first-order chi connectivity index (χ1) is 8.46. The van der Waals surface area contributed by atoms with Crippen molar-refractivity contribution in [2.75, 3.05) is 11.9 Å². The molecule has 5 heteroatoms. The molecule has 0 spiro atoms. The number of aromatic amines is 1. The Kier molecular flexibility index (Phi) is 3.34. The fourth-order valence-corrected chi connectivity index (χ4v) is 1.54. The van der Waals surface area contributed by atoms with E-state index in [0.29, 0.717) is 5.69 Å². The number of hydrogen-bond acceptors (Lipinski definition) is 3. The maximum absolute atomic E-state index is 11.8. The molecule has 2 aromatic rings. The van der Waals surface area contributed by atoms with Crippen molar-refractivity contribution in [1.82, 2.24) is 10.2 Å². The molecule has 0 fully saturated rings.